The third-order valence-corrected chi connectivity index (χ3v) is 5.60. The largest absolute Gasteiger partial charge is 0.276 e. The zero-order chi connectivity index (χ0) is 19.8. The molecule has 0 aliphatic heterocycles. The topological polar surface area (TPSA) is 52.2 Å². The van der Waals surface area contributed by atoms with E-state index in [1.165, 1.54) is 23.9 Å². The predicted molar refractivity (Wildman–Crippen MR) is 111 cm³/mol. The lowest BCUT2D eigenvalue weighted by Crippen LogP contribution is -2.25. The van der Waals surface area contributed by atoms with Gasteiger partial charge in [0.2, 0.25) is 5.78 Å². The van der Waals surface area contributed by atoms with Crippen molar-refractivity contribution in [3.8, 4) is 0 Å². The Morgan fingerprint density at radius 1 is 1.14 bits per heavy atom. The fourth-order valence-corrected chi connectivity index (χ4v) is 4.18. The van der Waals surface area contributed by atoms with Crippen LogP contribution in [0, 0.1) is 11.7 Å². The first-order valence-electron chi connectivity index (χ1n) is 8.88. The van der Waals surface area contributed by atoms with E-state index in [9.17, 15) is 9.18 Å². The second-order valence-electron chi connectivity index (χ2n) is 7.00. The lowest BCUT2D eigenvalue weighted by Gasteiger charge is -2.13. The van der Waals surface area contributed by atoms with Crippen LogP contribution in [0.25, 0.3) is 16.7 Å². The zero-order valence-electron chi connectivity index (χ0n) is 15.4. The second-order valence-corrected chi connectivity index (χ2v) is 8.38. The van der Waals surface area contributed by atoms with Gasteiger partial charge in [0, 0.05) is 17.3 Å². The minimum Gasteiger partial charge on any atom is -0.276 e. The molecule has 0 aliphatic carbocycles. The second kappa shape index (κ2) is 7.56. The predicted octanol–water partition coefficient (Wildman–Crippen LogP) is 4.79. The smallest absolute Gasteiger partial charge is 0.262 e. The summed E-state index contributed by atoms with van der Waals surface area (Å²) in [5.41, 5.74) is 1.57. The molecule has 0 fully saturated rings. The van der Waals surface area contributed by atoms with Crippen LogP contribution >= 0.6 is 23.4 Å². The van der Waals surface area contributed by atoms with Crippen molar-refractivity contribution in [1.29, 1.82) is 0 Å². The molecular weight excluding hydrogens is 399 g/mol. The van der Waals surface area contributed by atoms with Gasteiger partial charge in [0.1, 0.15) is 5.82 Å². The Kier molecular flexibility index (Phi) is 5.12. The normalized spacial score (nSPS) is 11.8. The molecule has 2 aromatic carbocycles. The number of benzene rings is 2. The molecule has 8 heteroatoms. The SMILES string of the molecule is CC(C)Cn1c(=O)c2cc(Cl)ccc2n2c(SCc3ccc(F)cc3)nnc12. The maximum absolute atomic E-state index is 13.1. The average Bonchev–Trinajstić information content (AvgIpc) is 3.08. The van der Waals surface area contributed by atoms with Gasteiger partial charge in [-0.05, 0) is 41.8 Å². The highest BCUT2D eigenvalue weighted by Crippen LogP contribution is 2.26. The molecule has 0 radical (unpaired) electrons. The Morgan fingerprint density at radius 3 is 2.61 bits per heavy atom. The summed E-state index contributed by atoms with van der Waals surface area (Å²) in [4.78, 5) is 13.0. The molecule has 4 aromatic rings. The van der Waals surface area contributed by atoms with Crippen LogP contribution in [-0.4, -0.2) is 19.2 Å². The van der Waals surface area contributed by atoms with Crippen molar-refractivity contribution >= 4 is 40.0 Å². The first-order valence-corrected chi connectivity index (χ1v) is 10.2. The Balaban J connectivity index is 1.86. The van der Waals surface area contributed by atoms with Crippen molar-refractivity contribution in [2.75, 3.05) is 0 Å². The van der Waals surface area contributed by atoms with Gasteiger partial charge < -0.3 is 0 Å². The molecule has 144 valence electrons. The number of fused-ring (bicyclic) bond motifs is 3. The molecule has 0 aliphatic rings. The van der Waals surface area contributed by atoms with E-state index in [4.69, 9.17) is 11.6 Å². The van der Waals surface area contributed by atoms with E-state index in [0.717, 1.165) is 11.1 Å². The molecule has 0 saturated heterocycles. The van der Waals surface area contributed by atoms with Gasteiger partial charge in [-0.1, -0.05) is 49.3 Å². The molecule has 0 saturated carbocycles. The number of aromatic nitrogens is 4. The highest BCUT2D eigenvalue weighted by molar-refractivity contribution is 7.98. The summed E-state index contributed by atoms with van der Waals surface area (Å²) in [6.45, 7) is 4.63. The van der Waals surface area contributed by atoms with Gasteiger partial charge in [-0.15, -0.1) is 10.2 Å². The Morgan fingerprint density at radius 2 is 1.89 bits per heavy atom. The van der Waals surface area contributed by atoms with Crippen molar-refractivity contribution in [2.45, 2.75) is 31.3 Å². The van der Waals surface area contributed by atoms with Gasteiger partial charge in [0.15, 0.2) is 5.16 Å². The van der Waals surface area contributed by atoms with Gasteiger partial charge in [0.25, 0.3) is 5.56 Å². The third-order valence-electron chi connectivity index (χ3n) is 4.36. The van der Waals surface area contributed by atoms with Crippen molar-refractivity contribution in [1.82, 2.24) is 19.2 Å². The summed E-state index contributed by atoms with van der Waals surface area (Å²) < 4.78 is 16.7. The van der Waals surface area contributed by atoms with Gasteiger partial charge in [-0.2, -0.15) is 0 Å². The van der Waals surface area contributed by atoms with Crippen LogP contribution in [0.4, 0.5) is 4.39 Å². The maximum Gasteiger partial charge on any atom is 0.262 e. The first kappa shape index (κ1) is 19.0. The summed E-state index contributed by atoms with van der Waals surface area (Å²) >= 11 is 7.63. The number of halogens is 2. The minimum absolute atomic E-state index is 0.124. The van der Waals surface area contributed by atoms with E-state index in [2.05, 4.69) is 10.2 Å². The molecule has 4 rings (SSSR count). The minimum atomic E-state index is -0.262. The number of hydrogen-bond acceptors (Lipinski definition) is 4. The highest BCUT2D eigenvalue weighted by atomic mass is 35.5. The molecule has 0 N–H and O–H groups in total. The number of hydrogen-bond donors (Lipinski definition) is 0. The van der Waals surface area contributed by atoms with E-state index in [-0.39, 0.29) is 17.3 Å². The average molecular weight is 417 g/mol. The van der Waals surface area contributed by atoms with Crippen molar-refractivity contribution < 1.29 is 4.39 Å². The van der Waals surface area contributed by atoms with Crippen LogP contribution in [0.3, 0.4) is 0 Å². The zero-order valence-corrected chi connectivity index (χ0v) is 17.0. The van der Waals surface area contributed by atoms with E-state index < -0.39 is 0 Å². The molecule has 0 bridgehead atoms. The Hall–Kier alpha value is -2.38. The third kappa shape index (κ3) is 3.52. The van der Waals surface area contributed by atoms with Crippen LogP contribution in [0.1, 0.15) is 19.4 Å². The fourth-order valence-electron chi connectivity index (χ4n) is 3.11. The van der Waals surface area contributed by atoms with Crippen LogP contribution in [0.5, 0.6) is 0 Å². The molecule has 0 atom stereocenters. The van der Waals surface area contributed by atoms with E-state index in [1.807, 2.05) is 24.3 Å². The number of thioether (sulfide) groups is 1. The van der Waals surface area contributed by atoms with Gasteiger partial charge in [-0.3, -0.25) is 13.8 Å². The number of rotatable bonds is 5. The summed E-state index contributed by atoms with van der Waals surface area (Å²) in [7, 11) is 0. The lowest BCUT2D eigenvalue weighted by molar-refractivity contribution is 0.517. The quantitative estimate of drug-likeness (QED) is 0.439. The van der Waals surface area contributed by atoms with Crippen molar-refractivity contribution in [3.63, 3.8) is 0 Å². The lowest BCUT2D eigenvalue weighted by atomic mass is 10.2. The monoisotopic (exact) mass is 416 g/mol. The highest BCUT2D eigenvalue weighted by Gasteiger charge is 2.18. The van der Waals surface area contributed by atoms with Crippen LogP contribution < -0.4 is 5.56 Å². The standard InChI is InChI=1S/C20H18ClFN4OS/c1-12(2)10-25-18(27)16-9-14(21)5-8-17(16)26-19(25)23-24-20(26)28-11-13-3-6-15(22)7-4-13/h3-9,12H,10-11H2,1-2H3. The van der Waals surface area contributed by atoms with E-state index >= 15 is 0 Å². The molecule has 2 heterocycles. The summed E-state index contributed by atoms with van der Waals surface area (Å²) in [5, 5.41) is 10.3. The van der Waals surface area contributed by atoms with E-state index in [0.29, 0.717) is 33.6 Å². The van der Waals surface area contributed by atoms with Crippen LogP contribution in [0.2, 0.25) is 5.02 Å². The summed E-state index contributed by atoms with van der Waals surface area (Å²) in [6, 6.07) is 11.6. The molecule has 2 aromatic heterocycles. The fraction of sp³-hybridized carbons (Fsp3) is 0.250. The van der Waals surface area contributed by atoms with Crippen LogP contribution in [0.15, 0.2) is 52.4 Å². The molecule has 0 amide bonds. The Bertz CT molecular complexity index is 1220. The molecular formula is C20H18ClFN4OS. The molecule has 0 spiro atoms. The number of nitrogens with zero attached hydrogens (tertiary/aromatic N) is 4. The summed E-state index contributed by atoms with van der Waals surface area (Å²) in [5.74, 6) is 1.13. The summed E-state index contributed by atoms with van der Waals surface area (Å²) in [6.07, 6.45) is 0. The van der Waals surface area contributed by atoms with Crippen molar-refractivity contribution in [2.24, 2.45) is 5.92 Å². The van der Waals surface area contributed by atoms with Crippen molar-refractivity contribution in [3.05, 3.63) is 69.2 Å². The first-order chi connectivity index (χ1) is 13.4. The maximum atomic E-state index is 13.1. The Labute approximate surface area is 170 Å². The van der Waals surface area contributed by atoms with Crippen LogP contribution in [-0.2, 0) is 12.3 Å². The van der Waals surface area contributed by atoms with Gasteiger partial charge >= 0.3 is 0 Å². The molecule has 5 nitrogen and oxygen atoms in total. The van der Waals surface area contributed by atoms with Gasteiger partial charge in [-0.25, -0.2) is 4.39 Å². The molecule has 0 unspecified atom stereocenters. The molecule has 28 heavy (non-hydrogen) atoms. The van der Waals surface area contributed by atoms with E-state index in [1.54, 1.807) is 28.8 Å². The van der Waals surface area contributed by atoms with Gasteiger partial charge in [0.05, 0.1) is 10.9 Å².